The molecule has 660 valence electrons. The van der Waals surface area contributed by atoms with Gasteiger partial charge in [-0.2, -0.15) is 0 Å². The second-order valence-corrected chi connectivity index (χ2v) is 40.4. The zero-order valence-corrected chi connectivity index (χ0v) is 80.5. The Bertz CT molecular complexity index is 8400. The van der Waals surface area contributed by atoms with Crippen LogP contribution in [0.3, 0.4) is 0 Å². The lowest BCUT2D eigenvalue weighted by atomic mass is 9.86. The van der Waals surface area contributed by atoms with Crippen LogP contribution in [0.1, 0.15) is 108 Å². The highest BCUT2D eigenvalue weighted by molar-refractivity contribution is 6.29. The van der Waals surface area contributed by atoms with Crippen molar-refractivity contribution in [2.45, 2.75) is 122 Å². The zero-order chi connectivity index (χ0) is 93.2. The molecule has 0 N–H and O–H groups in total. The van der Waals surface area contributed by atoms with Crippen LogP contribution in [0.5, 0.6) is 0 Å². The summed E-state index contributed by atoms with van der Waals surface area (Å²) >= 11 is 0. The van der Waals surface area contributed by atoms with Gasteiger partial charge in [-0.3, -0.25) is 0 Å². The van der Waals surface area contributed by atoms with E-state index in [2.05, 4.69) is 515 Å². The van der Waals surface area contributed by atoms with E-state index in [1.807, 2.05) is 0 Å². The summed E-state index contributed by atoms with van der Waals surface area (Å²) in [5, 5.41) is 19.9. The molecular formula is C130H110N6. The van der Waals surface area contributed by atoms with E-state index < -0.39 is 0 Å². The molecule has 6 heteroatoms. The molecule has 0 fully saturated rings. The highest BCUT2D eigenvalue weighted by atomic mass is 15.2. The Morgan fingerprint density at radius 3 is 0.654 bits per heavy atom. The van der Waals surface area contributed by atoms with Crippen molar-refractivity contribution in [2.75, 3.05) is 19.6 Å². The number of hydrogen-bond acceptors (Lipinski definition) is 4. The van der Waals surface area contributed by atoms with Crippen LogP contribution in [0, 0.1) is 69.2 Å². The standard InChI is InChI=1S/C66H57N3.C64H53N3/c1-40-28-57(29-41(2)44(40)5)67(53-16-12-10-13-17-53)55-26-22-47-34-59-61-36-51(46-20-24-52(25-21-46)66(7,8)9)37-62-60-35-48-23-27-56(33-50(48)39-64(60)69(65(61)62)63(59)38-49(47)32-55)68(54-18-14-11-15-19-54)58-30-42(3)45(6)43(4)31-58;1-40-18-26-53(30-42(40)3)65(51-14-10-8-11-15-51)55-28-22-45-34-57-59-36-49(44-20-24-50(25-21-44)64(5,6)7)37-60-58-35-46-23-29-56(33-48(46)39-62(58)67(63(59)60)61(57)38-47(45)32-55)66(52-16-12-9-13-17-52)54-27-19-41(2)43(4)31-54/h10-39H,1-9H3;8-39H,1-7H3. The van der Waals surface area contributed by atoms with E-state index >= 15 is 0 Å². The molecule has 0 aliphatic carbocycles. The first-order valence-electron chi connectivity index (χ1n) is 48.0. The molecule has 20 aromatic carbocycles. The Hall–Kier alpha value is -15.8. The van der Waals surface area contributed by atoms with Gasteiger partial charge in [-0.05, 0) is 431 Å². The topological polar surface area (TPSA) is 21.8 Å². The van der Waals surface area contributed by atoms with Crippen molar-refractivity contribution in [3.8, 4) is 22.3 Å². The van der Waals surface area contributed by atoms with Gasteiger partial charge in [0.05, 0.1) is 33.1 Å². The molecule has 0 aliphatic rings. The predicted molar refractivity (Wildman–Crippen MR) is 587 cm³/mol. The van der Waals surface area contributed by atoms with Gasteiger partial charge in [-0.1, -0.05) is 199 Å². The van der Waals surface area contributed by atoms with Crippen molar-refractivity contribution in [2.24, 2.45) is 0 Å². The maximum Gasteiger partial charge on any atom is 0.0620 e. The molecule has 0 spiro atoms. The van der Waals surface area contributed by atoms with Gasteiger partial charge in [0, 0.05) is 111 Å². The lowest BCUT2D eigenvalue weighted by Crippen LogP contribution is -2.10. The number of para-hydroxylation sites is 4. The van der Waals surface area contributed by atoms with Gasteiger partial charge in [0.25, 0.3) is 0 Å². The number of fused-ring (bicyclic) bond motifs is 16. The van der Waals surface area contributed by atoms with E-state index in [9.17, 15) is 0 Å². The fraction of sp³-hybridized carbons (Fsp3) is 0.138. The zero-order valence-electron chi connectivity index (χ0n) is 80.5. The number of aromatic nitrogens is 2. The summed E-state index contributed by atoms with van der Waals surface area (Å²) in [5.41, 5.74) is 41.9. The Morgan fingerprint density at radius 2 is 0.404 bits per heavy atom. The molecule has 24 rings (SSSR count). The summed E-state index contributed by atoms with van der Waals surface area (Å²) in [6, 6.07) is 142. The average molecular weight is 1760 g/mol. The average Bonchev–Trinajstić information content (AvgIpc) is 1.53. The smallest absolute Gasteiger partial charge is 0.0620 e. The van der Waals surface area contributed by atoms with E-state index in [-0.39, 0.29) is 10.8 Å². The number of rotatable bonds is 14. The van der Waals surface area contributed by atoms with Gasteiger partial charge in [-0.15, -0.1) is 0 Å². The third-order valence-electron chi connectivity index (χ3n) is 29.6. The molecule has 4 heterocycles. The van der Waals surface area contributed by atoms with Crippen LogP contribution >= 0.6 is 0 Å². The monoisotopic (exact) mass is 1750 g/mol. The molecular weight excluding hydrogens is 1650 g/mol. The largest absolute Gasteiger partial charge is 0.310 e. The quantitative estimate of drug-likeness (QED) is 0.108. The normalized spacial score (nSPS) is 12.1. The van der Waals surface area contributed by atoms with Crippen LogP contribution in [-0.2, 0) is 10.8 Å². The number of nitrogens with zero attached hydrogens (tertiary/aromatic N) is 6. The Labute approximate surface area is 797 Å². The van der Waals surface area contributed by atoms with Crippen molar-refractivity contribution < 1.29 is 0 Å². The summed E-state index contributed by atoms with van der Waals surface area (Å²) in [6.45, 7) is 35.8. The van der Waals surface area contributed by atoms with Crippen LogP contribution in [0.4, 0.5) is 68.2 Å². The minimum Gasteiger partial charge on any atom is -0.310 e. The van der Waals surface area contributed by atoms with Crippen molar-refractivity contribution in [1.29, 1.82) is 0 Å². The highest BCUT2D eigenvalue weighted by Crippen LogP contribution is 2.51. The number of aryl methyl sites for hydroxylation is 8. The number of benzene rings is 20. The molecule has 0 unspecified atom stereocenters. The van der Waals surface area contributed by atoms with Gasteiger partial charge < -0.3 is 28.4 Å². The van der Waals surface area contributed by atoms with Gasteiger partial charge in [-0.25, -0.2) is 0 Å². The minimum atomic E-state index is 0.0804. The minimum absolute atomic E-state index is 0.0804. The maximum atomic E-state index is 2.56. The molecule has 0 saturated heterocycles. The number of hydrogen-bond donors (Lipinski definition) is 0. The van der Waals surface area contributed by atoms with Crippen LogP contribution in [0.15, 0.2) is 376 Å². The van der Waals surface area contributed by atoms with Crippen LogP contribution < -0.4 is 19.6 Å². The van der Waals surface area contributed by atoms with Crippen molar-refractivity contribution >= 4 is 188 Å². The summed E-state index contributed by atoms with van der Waals surface area (Å²) in [4.78, 5) is 9.58. The summed E-state index contributed by atoms with van der Waals surface area (Å²) < 4.78 is 5.11. The van der Waals surface area contributed by atoms with Crippen molar-refractivity contribution in [3.05, 3.63) is 443 Å². The lowest BCUT2D eigenvalue weighted by Gasteiger charge is -2.27. The fourth-order valence-electron chi connectivity index (χ4n) is 21.3. The maximum absolute atomic E-state index is 2.56. The SMILES string of the molecule is Cc1cc(N(c2ccccc2)c2ccc3cc4c5cc(-c6ccc(C(C)(C)C)cc6)cc6c7cc8ccc(N(c9ccccc9)c9cc(C)c(C)c(C)c9)cc8cc7n(c4cc3c2)c56)cc(C)c1C.Cc1ccc(N(c2ccccc2)c2ccc3cc4c5cc(-c6ccc(C(C)(C)C)cc6)cc6c7cc8ccc(N(c9ccccc9)c9ccc(C)c(C)c9)cc8cc7n(c4cc3c2)c56)cc1C. The second-order valence-electron chi connectivity index (χ2n) is 40.4. The van der Waals surface area contributed by atoms with E-state index in [1.54, 1.807) is 0 Å². The van der Waals surface area contributed by atoms with E-state index in [1.165, 1.54) is 220 Å². The lowest BCUT2D eigenvalue weighted by molar-refractivity contribution is 0.590. The summed E-state index contributed by atoms with van der Waals surface area (Å²) in [5.74, 6) is 0. The van der Waals surface area contributed by atoms with Gasteiger partial charge in [0.1, 0.15) is 0 Å². The third kappa shape index (κ3) is 14.5. The first kappa shape index (κ1) is 84.5. The molecule has 0 atom stereocenters. The molecule has 0 bridgehead atoms. The predicted octanol–water partition coefficient (Wildman–Crippen LogP) is 37.2. The van der Waals surface area contributed by atoms with E-state index in [4.69, 9.17) is 0 Å². The Kier molecular flexibility index (Phi) is 20.2. The van der Waals surface area contributed by atoms with Gasteiger partial charge in [0.15, 0.2) is 0 Å². The first-order valence-corrected chi connectivity index (χ1v) is 48.0. The van der Waals surface area contributed by atoms with Crippen LogP contribution in [0.2, 0.25) is 0 Å². The third-order valence-corrected chi connectivity index (χ3v) is 29.6. The van der Waals surface area contributed by atoms with Crippen LogP contribution in [-0.4, -0.2) is 8.80 Å². The van der Waals surface area contributed by atoms with E-state index in [0.717, 1.165) is 56.9 Å². The molecule has 136 heavy (non-hydrogen) atoms. The molecule has 0 radical (unpaired) electrons. The Balaban J connectivity index is 0.000000153. The van der Waals surface area contributed by atoms with E-state index in [0.29, 0.717) is 0 Å². The fourth-order valence-corrected chi connectivity index (χ4v) is 21.3. The van der Waals surface area contributed by atoms with Crippen LogP contribution in [0.25, 0.3) is 142 Å². The molecule has 0 amide bonds. The van der Waals surface area contributed by atoms with Gasteiger partial charge in [0.2, 0.25) is 0 Å². The van der Waals surface area contributed by atoms with Crippen molar-refractivity contribution in [3.63, 3.8) is 0 Å². The molecule has 24 aromatic rings. The molecule has 6 nitrogen and oxygen atoms in total. The molecule has 4 aromatic heterocycles. The Morgan fingerprint density at radius 1 is 0.169 bits per heavy atom. The second kappa shape index (κ2) is 32.6. The first-order chi connectivity index (χ1) is 65.7. The number of anilines is 12. The molecule has 0 saturated carbocycles. The van der Waals surface area contributed by atoms with Gasteiger partial charge >= 0.3 is 0 Å². The van der Waals surface area contributed by atoms with Crippen molar-refractivity contribution in [1.82, 2.24) is 8.80 Å². The summed E-state index contributed by atoms with van der Waals surface area (Å²) in [7, 11) is 0. The highest BCUT2D eigenvalue weighted by Gasteiger charge is 2.28. The molecule has 0 aliphatic heterocycles. The summed E-state index contributed by atoms with van der Waals surface area (Å²) in [6.07, 6.45) is 0.